The number of ether oxygens (including phenoxy) is 1. The number of aliphatic hydroxyl groups is 1. The summed E-state index contributed by atoms with van der Waals surface area (Å²) < 4.78 is 5.66. The molecule has 0 aliphatic rings. The van der Waals surface area contributed by atoms with Gasteiger partial charge in [-0.15, -0.1) is 11.3 Å². The predicted molar refractivity (Wildman–Crippen MR) is 82.2 cm³/mol. The molecule has 2 aromatic rings. The zero-order valence-corrected chi connectivity index (χ0v) is 12.9. The van der Waals surface area contributed by atoms with Gasteiger partial charge >= 0.3 is 0 Å². The number of aliphatic hydroxyl groups excluding tert-OH is 1. The van der Waals surface area contributed by atoms with Crippen LogP contribution in [0.1, 0.15) is 5.01 Å². The molecule has 8 heteroatoms. The summed E-state index contributed by atoms with van der Waals surface area (Å²) in [5.74, 6) is 0. The number of anilines is 1. The average molecular weight is 311 g/mol. The van der Waals surface area contributed by atoms with Crippen LogP contribution in [-0.2, 0) is 4.74 Å². The zero-order valence-electron chi connectivity index (χ0n) is 12.1. The van der Waals surface area contributed by atoms with Gasteiger partial charge in [0.2, 0.25) is 0 Å². The van der Waals surface area contributed by atoms with Crippen LogP contribution in [0.3, 0.4) is 0 Å². The number of nitrogens with zero attached hydrogens (tertiary/aromatic N) is 3. The molecule has 0 amide bonds. The SMILES string of the molecule is COCC(O)CN(C)c1cc2nc(C)sc2cc1[N+](=O)[O-]. The Balaban J connectivity index is 2.40. The quantitative estimate of drug-likeness (QED) is 0.648. The van der Waals surface area contributed by atoms with Gasteiger partial charge in [0.1, 0.15) is 5.69 Å². The molecule has 21 heavy (non-hydrogen) atoms. The Morgan fingerprint density at radius 3 is 2.90 bits per heavy atom. The summed E-state index contributed by atoms with van der Waals surface area (Å²) in [6, 6.07) is 3.23. The van der Waals surface area contributed by atoms with Crippen molar-refractivity contribution < 1.29 is 14.8 Å². The first-order chi connectivity index (χ1) is 9.92. The van der Waals surface area contributed by atoms with Crippen LogP contribution in [0.25, 0.3) is 10.2 Å². The van der Waals surface area contributed by atoms with E-state index in [-0.39, 0.29) is 18.8 Å². The van der Waals surface area contributed by atoms with Crippen molar-refractivity contribution in [2.45, 2.75) is 13.0 Å². The topological polar surface area (TPSA) is 88.7 Å². The van der Waals surface area contributed by atoms with Crippen LogP contribution in [0.4, 0.5) is 11.4 Å². The molecule has 1 unspecified atom stereocenters. The minimum atomic E-state index is -0.715. The molecule has 1 atom stereocenters. The highest BCUT2D eigenvalue weighted by atomic mass is 32.1. The number of aryl methyl sites for hydroxylation is 1. The second-order valence-electron chi connectivity index (χ2n) is 4.79. The minimum Gasteiger partial charge on any atom is -0.389 e. The molecular weight excluding hydrogens is 294 g/mol. The number of hydrogen-bond acceptors (Lipinski definition) is 7. The number of nitro groups is 1. The molecule has 2 rings (SSSR count). The molecule has 0 saturated carbocycles. The van der Waals surface area contributed by atoms with Crippen molar-refractivity contribution in [2.24, 2.45) is 0 Å². The molecular formula is C13H17N3O4S. The molecule has 0 fully saturated rings. The van der Waals surface area contributed by atoms with E-state index in [4.69, 9.17) is 4.74 Å². The molecule has 114 valence electrons. The van der Waals surface area contributed by atoms with Crippen molar-refractivity contribution in [1.29, 1.82) is 0 Å². The molecule has 1 aromatic carbocycles. The van der Waals surface area contributed by atoms with Gasteiger partial charge in [0.05, 0.1) is 32.9 Å². The van der Waals surface area contributed by atoms with Gasteiger partial charge < -0.3 is 14.7 Å². The van der Waals surface area contributed by atoms with Gasteiger partial charge in [0, 0.05) is 26.8 Å². The van der Waals surface area contributed by atoms with Crippen molar-refractivity contribution in [3.63, 3.8) is 0 Å². The van der Waals surface area contributed by atoms with E-state index in [0.29, 0.717) is 5.69 Å². The maximum Gasteiger partial charge on any atom is 0.294 e. The van der Waals surface area contributed by atoms with E-state index >= 15 is 0 Å². The molecule has 0 aliphatic carbocycles. The van der Waals surface area contributed by atoms with Crippen molar-refractivity contribution in [3.8, 4) is 0 Å². The maximum absolute atomic E-state index is 11.3. The number of methoxy groups -OCH3 is 1. The van der Waals surface area contributed by atoms with E-state index in [1.165, 1.54) is 24.5 Å². The molecule has 7 nitrogen and oxygen atoms in total. The molecule has 0 aliphatic heterocycles. The lowest BCUT2D eigenvalue weighted by Gasteiger charge is -2.22. The van der Waals surface area contributed by atoms with E-state index in [9.17, 15) is 15.2 Å². The largest absolute Gasteiger partial charge is 0.389 e. The molecule has 0 saturated heterocycles. The summed E-state index contributed by atoms with van der Waals surface area (Å²) in [7, 11) is 3.20. The van der Waals surface area contributed by atoms with Crippen LogP contribution in [0.15, 0.2) is 12.1 Å². The minimum absolute atomic E-state index is 0.0123. The second kappa shape index (κ2) is 6.33. The predicted octanol–water partition coefficient (Wildman–Crippen LogP) is 1.96. The van der Waals surface area contributed by atoms with Crippen LogP contribution < -0.4 is 4.90 Å². The fourth-order valence-corrected chi connectivity index (χ4v) is 3.02. The lowest BCUT2D eigenvalue weighted by atomic mass is 10.2. The third-order valence-corrected chi connectivity index (χ3v) is 3.98. The standard InChI is InChI=1S/C13H17N3O4S/c1-8-14-10-4-11(15(2)6-9(17)7-20-3)12(16(18)19)5-13(10)21-8/h4-5,9,17H,6-7H2,1-3H3. The molecule has 0 bridgehead atoms. The summed E-state index contributed by atoms with van der Waals surface area (Å²) in [6.07, 6.45) is -0.715. The summed E-state index contributed by atoms with van der Waals surface area (Å²) in [4.78, 5) is 16.9. The van der Waals surface area contributed by atoms with E-state index in [0.717, 1.165) is 15.2 Å². The van der Waals surface area contributed by atoms with Gasteiger partial charge in [-0.05, 0) is 13.0 Å². The number of hydrogen-bond donors (Lipinski definition) is 1. The normalized spacial score (nSPS) is 12.6. The fraction of sp³-hybridized carbons (Fsp3) is 0.462. The van der Waals surface area contributed by atoms with Gasteiger partial charge in [0.15, 0.2) is 0 Å². The first-order valence-corrected chi connectivity index (χ1v) is 7.17. The molecule has 0 spiro atoms. The Bertz CT molecular complexity index is 658. The number of rotatable bonds is 6. The van der Waals surface area contributed by atoms with E-state index in [1.54, 1.807) is 18.0 Å². The second-order valence-corrected chi connectivity index (χ2v) is 6.02. The number of aromatic nitrogens is 1. The third kappa shape index (κ3) is 3.46. The van der Waals surface area contributed by atoms with Crippen molar-refractivity contribution >= 4 is 32.9 Å². The van der Waals surface area contributed by atoms with Gasteiger partial charge in [-0.1, -0.05) is 0 Å². The monoisotopic (exact) mass is 311 g/mol. The number of benzene rings is 1. The van der Waals surface area contributed by atoms with Crippen molar-refractivity contribution in [3.05, 3.63) is 27.3 Å². The number of fused-ring (bicyclic) bond motifs is 1. The van der Waals surface area contributed by atoms with Gasteiger partial charge in [-0.25, -0.2) is 4.98 Å². The van der Waals surface area contributed by atoms with Crippen LogP contribution in [0.2, 0.25) is 0 Å². The van der Waals surface area contributed by atoms with Crippen LogP contribution >= 0.6 is 11.3 Å². The number of nitro benzene ring substituents is 1. The van der Waals surface area contributed by atoms with E-state index in [2.05, 4.69) is 4.98 Å². The van der Waals surface area contributed by atoms with Gasteiger partial charge in [0.25, 0.3) is 5.69 Å². The van der Waals surface area contributed by atoms with E-state index in [1.807, 2.05) is 6.92 Å². The molecule has 0 radical (unpaired) electrons. The lowest BCUT2D eigenvalue weighted by molar-refractivity contribution is -0.384. The Labute approximate surface area is 125 Å². The molecule has 1 aromatic heterocycles. The Morgan fingerprint density at radius 1 is 1.57 bits per heavy atom. The first-order valence-electron chi connectivity index (χ1n) is 6.36. The summed E-state index contributed by atoms with van der Waals surface area (Å²) in [5.41, 5.74) is 1.18. The highest BCUT2D eigenvalue weighted by Gasteiger charge is 2.21. The third-order valence-electron chi connectivity index (χ3n) is 3.04. The summed E-state index contributed by atoms with van der Waals surface area (Å²) in [6.45, 7) is 2.28. The fourth-order valence-electron chi connectivity index (χ4n) is 2.18. The molecule has 1 N–H and O–H groups in total. The first kappa shape index (κ1) is 15.6. The van der Waals surface area contributed by atoms with Gasteiger partial charge in [-0.3, -0.25) is 10.1 Å². The highest BCUT2D eigenvalue weighted by Crippen LogP contribution is 2.34. The van der Waals surface area contributed by atoms with E-state index < -0.39 is 11.0 Å². The number of thiazole rings is 1. The maximum atomic E-state index is 11.3. The summed E-state index contributed by atoms with van der Waals surface area (Å²) >= 11 is 1.42. The van der Waals surface area contributed by atoms with Gasteiger partial charge in [-0.2, -0.15) is 0 Å². The van der Waals surface area contributed by atoms with Crippen LogP contribution in [-0.4, -0.2) is 48.4 Å². The average Bonchev–Trinajstić information content (AvgIpc) is 2.76. The van der Waals surface area contributed by atoms with Crippen molar-refractivity contribution in [2.75, 3.05) is 32.2 Å². The Kier molecular flexibility index (Phi) is 4.71. The lowest BCUT2D eigenvalue weighted by Crippen LogP contribution is -2.32. The highest BCUT2D eigenvalue weighted by molar-refractivity contribution is 7.18. The smallest absolute Gasteiger partial charge is 0.294 e. The summed E-state index contributed by atoms with van der Waals surface area (Å²) in [5, 5.41) is 21.9. The Morgan fingerprint density at radius 2 is 2.29 bits per heavy atom. The Hall–Kier alpha value is -1.77. The van der Waals surface area contributed by atoms with Crippen LogP contribution in [0.5, 0.6) is 0 Å². The van der Waals surface area contributed by atoms with Crippen LogP contribution in [0, 0.1) is 17.0 Å². The number of likely N-dealkylation sites (N-methyl/N-ethyl adjacent to an activating group) is 1. The molecule has 1 heterocycles. The zero-order chi connectivity index (χ0) is 15.6. The van der Waals surface area contributed by atoms with Crippen molar-refractivity contribution in [1.82, 2.24) is 4.98 Å².